The molecule has 3 aromatic rings. The monoisotopic (exact) mass is 418 g/mol. The molecule has 0 spiro atoms. The molecular weight excluding hydrogens is 392 g/mol. The first-order valence-electron chi connectivity index (χ1n) is 10.6. The van der Waals surface area contributed by atoms with E-state index in [0.29, 0.717) is 0 Å². The van der Waals surface area contributed by atoms with Crippen LogP contribution in [0.2, 0.25) is 0 Å². The number of carbonyl (C=O) groups excluding carboxylic acids is 2. The molecule has 1 unspecified atom stereocenters. The summed E-state index contributed by atoms with van der Waals surface area (Å²) in [5.74, 6) is 1.71. The molecule has 1 saturated carbocycles. The van der Waals surface area contributed by atoms with Crippen LogP contribution in [0.4, 0.5) is 0 Å². The van der Waals surface area contributed by atoms with Crippen LogP contribution in [0.25, 0.3) is 21.8 Å². The molecular formula is C25H26N2O4. The number of methoxy groups -OCH3 is 2. The second kappa shape index (κ2) is 9.19. The Hall–Kier alpha value is -3.37. The predicted octanol–water partition coefficient (Wildman–Crippen LogP) is 4.61. The lowest BCUT2D eigenvalue weighted by molar-refractivity contribution is -0.146. The van der Waals surface area contributed by atoms with Crippen LogP contribution in [0.3, 0.4) is 0 Å². The fourth-order valence-corrected chi connectivity index (χ4v) is 4.39. The summed E-state index contributed by atoms with van der Waals surface area (Å²) in [4.78, 5) is 30.4. The van der Waals surface area contributed by atoms with Crippen molar-refractivity contribution in [3.8, 4) is 0 Å². The molecule has 1 aliphatic rings. The van der Waals surface area contributed by atoms with Crippen molar-refractivity contribution >= 4 is 39.6 Å². The topological polar surface area (TPSA) is 69.9 Å². The molecule has 6 nitrogen and oxygen atoms in total. The summed E-state index contributed by atoms with van der Waals surface area (Å²) in [6, 6.07) is 14.6. The first-order chi connectivity index (χ1) is 15.2. The average Bonchev–Trinajstić information content (AvgIpc) is 3.15. The lowest BCUT2D eigenvalue weighted by atomic mass is 9.96. The second-order valence-electron chi connectivity index (χ2n) is 7.77. The molecule has 160 valence electrons. The molecule has 6 heteroatoms. The fraction of sp³-hybridized carbons (Fsp3) is 0.360. The number of ether oxygens (including phenoxy) is 2. The van der Waals surface area contributed by atoms with Crippen molar-refractivity contribution in [2.45, 2.75) is 44.2 Å². The van der Waals surface area contributed by atoms with E-state index >= 15 is 0 Å². The Kier molecular flexibility index (Phi) is 6.19. The molecule has 1 fully saturated rings. The van der Waals surface area contributed by atoms with E-state index in [4.69, 9.17) is 9.47 Å². The number of esters is 2. The maximum absolute atomic E-state index is 13.1. The summed E-state index contributed by atoms with van der Waals surface area (Å²) < 4.78 is 12.0. The molecule has 0 radical (unpaired) electrons. The number of nitrogens with zero attached hydrogens (tertiary/aromatic N) is 2. The molecule has 31 heavy (non-hydrogen) atoms. The molecule has 1 aromatic heterocycles. The van der Waals surface area contributed by atoms with Gasteiger partial charge in [0.25, 0.3) is 0 Å². The highest BCUT2D eigenvalue weighted by molar-refractivity contribution is 6.11. The van der Waals surface area contributed by atoms with Gasteiger partial charge in [0.2, 0.25) is 0 Å². The highest BCUT2D eigenvalue weighted by Gasteiger charge is 2.34. The van der Waals surface area contributed by atoms with Crippen LogP contribution in [0, 0.1) is 0 Å². The third-order valence-corrected chi connectivity index (χ3v) is 5.92. The summed E-state index contributed by atoms with van der Waals surface area (Å²) in [7, 11) is 2.61. The molecule has 4 rings (SSSR count). The summed E-state index contributed by atoms with van der Waals surface area (Å²) in [6.07, 6.45) is 5.33. The number of rotatable bonds is 5. The molecule has 0 saturated heterocycles. The molecule has 0 aliphatic heterocycles. The van der Waals surface area contributed by atoms with Crippen molar-refractivity contribution < 1.29 is 19.1 Å². The van der Waals surface area contributed by atoms with Gasteiger partial charge in [0.15, 0.2) is 6.04 Å². The molecule has 2 aromatic carbocycles. The van der Waals surface area contributed by atoms with Gasteiger partial charge in [0.05, 0.1) is 31.3 Å². The van der Waals surface area contributed by atoms with Gasteiger partial charge in [-0.2, -0.15) is 0 Å². The molecule has 0 N–H and O–H groups in total. The third-order valence-electron chi connectivity index (χ3n) is 5.92. The summed E-state index contributed by atoms with van der Waals surface area (Å²) >= 11 is 0. The first kappa shape index (κ1) is 20.9. The number of hydrogen-bond donors (Lipinski definition) is 0. The lowest BCUT2D eigenvalue weighted by Gasteiger charge is -2.20. The van der Waals surface area contributed by atoms with Crippen molar-refractivity contribution in [2.75, 3.05) is 14.2 Å². The SMILES string of the molecule is COC(=O)C(=C=NC1CCCCC1)C(C(=O)OC)n1c2ccccc2c2ccccc21. The van der Waals surface area contributed by atoms with Gasteiger partial charge in [-0.25, -0.2) is 14.6 Å². The highest BCUT2D eigenvalue weighted by atomic mass is 16.5. The Balaban J connectivity index is 1.97. The molecule has 0 bridgehead atoms. The van der Waals surface area contributed by atoms with Crippen LogP contribution in [-0.2, 0) is 19.1 Å². The van der Waals surface area contributed by atoms with Crippen LogP contribution in [-0.4, -0.2) is 42.6 Å². The van der Waals surface area contributed by atoms with Crippen LogP contribution in [0.1, 0.15) is 38.1 Å². The number of aliphatic imine (C=N–C) groups is 1. The maximum Gasteiger partial charge on any atom is 0.346 e. The first-order valence-corrected chi connectivity index (χ1v) is 10.6. The van der Waals surface area contributed by atoms with Crippen LogP contribution >= 0.6 is 0 Å². The highest BCUT2D eigenvalue weighted by Crippen LogP contribution is 2.34. The molecule has 1 heterocycles. The minimum Gasteiger partial charge on any atom is -0.467 e. The lowest BCUT2D eigenvalue weighted by Crippen LogP contribution is -2.28. The standard InChI is InChI=1S/C25H26N2O4/c1-30-24(28)20(16-26-17-10-4-3-5-11-17)23(25(29)31-2)27-21-14-8-6-12-18(21)19-13-7-9-15-22(19)27/h6-9,12-15,17,23H,3-5,10-11H2,1-2H3. The minimum absolute atomic E-state index is 0.0476. The van der Waals surface area contributed by atoms with Gasteiger partial charge in [-0.1, -0.05) is 55.7 Å². The van der Waals surface area contributed by atoms with Gasteiger partial charge in [-0.3, -0.25) is 0 Å². The predicted molar refractivity (Wildman–Crippen MR) is 120 cm³/mol. The smallest absolute Gasteiger partial charge is 0.346 e. The second-order valence-corrected chi connectivity index (χ2v) is 7.77. The maximum atomic E-state index is 13.1. The quantitative estimate of drug-likeness (QED) is 0.345. The zero-order valence-electron chi connectivity index (χ0n) is 17.8. The number of para-hydroxylation sites is 2. The van der Waals surface area contributed by atoms with E-state index in [1.807, 2.05) is 53.1 Å². The van der Waals surface area contributed by atoms with Gasteiger partial charge in [-0.05, 0) is 30.8 Å². The van der Waals surface area contributed by atoms with E-state index < -0.39 is 18.0 Å². The molecule has 1 atom stereocenters. The van der Waals surface area contributed by atoms with Crippen molar-refractivity contribution in [3.63, 3.8) is 0 Å². The molecule has 1 aliphatic carbocycles. The fourth-order valence-electron chi connectivity index (χ4n) is 4.39. The van der Waals surface area contributed by atoms with E-state index in [2.05, 4.69) is 10.9 Å². The van der Waals surface area contributed by atoms with Crippen molar-refractivity contribution in [1.82, 2.24) is 4.57 Å². The van der Waals surface area contributed by atoms with Gasteiger partial charge < -0.3 is 14.0 Å². The van der Waals surface area contributed by atoms with Crippen LogP contribution < -0.4 is 0 Å². The average molecular weight is 418 g/mol. The minimum atomic E-state index is -1.06. The van der Waals surface area contributed by atoms with Gasteiger partial charge in [-0.15, -0.1) is 0 Å². The number of aromatic nitrogens is 1. The Morgan fingerprint density at radius 1 is 0.935 bits per heavy atom. The van der Waals surface area contributed by atoms with Gasteiger partial charge in [0.1, 0.15) is 5.57 Å². The van der Waals surface area contributed by atoms with Crippen LogP contribution in [0.5, 0.6) is 0 Å². The van der Waals surface area contributed by atoms with E-state index in [1.54, 1.807) is 0 Å². The largest absolute Gasteiger partial charge is 0.467 e. The van der Waals surface area contributed by atoms with Gasteiger partial charge in [0, 0.05) is 10.8 Å². The summed E-state index contributed by atoms with van der Waals surface area (Å²) in [5, 5.41) is 1.97. The van der Waals surface area contributed by atoms with E-state index in [1.165, 1.54) is 20.6 Å². The Morgan fingerprint density at radius 2 is 1.52 bits per heavy atom. The number of fused-ring (bicyclic) bond motifs is 3. The van der Waals surface area contributed by atoms with E-state index in [0.717, 1.165) is 47.5 Å². The van der Waals surface area contributed by atoms with E-state index in [9.17, 15) is 9.59 Å². The Bertz CT molecular complexity index is 1130. The van der Waals surface area contributed by atoms with E-state index in [-0.39, 0.29) is 11.6 Å². The van der Waals surface area contributed by atoms with Crippen molar-refractivity contribution in [1.29, 1.82) is 0 Å². The normalized spacial score (nSPS) is 15.3. The zero-order valence-corrected chi connectivity index (χ0v) is 17.8. The summed E-state index contributed by atoms with van der Waals surface area (Å²) in [6.45, 7) is 0. The van der Waals surface area contributed by atoms with Gasteiger partial charge >= 0.3 is 11.9 Å². The molecule has 0 amide bonds. The number of hydrogen-bond acceptors (Lipinski definition) is 5. The van der Waals surface area contributed by atoms with Crippen LogP contribution in [0.15, 0.2) is 59.1 Å². The van der Waals surface area contributed by atoms with Crippen molar-refractivity contribution in [2.24, 2.45) is 4.99 Å². The zero-order chi connectivity index (χ0) is 21.8. The number of carbonyl (C=O) groups is 2. The third kappa shape index (κ3) is 3.99. The van der Waals surface area contributed by atoms with Crippen molar-refractivity contribution in [3.05, 3.63) is 54.1 Å². The summed E-state index contributed by atoms with van der Waals surface area (Å²) in [5.41, 5.74) is 1.69. The number of benzene rings is 2. The Labute approximate surface area is 181 Å². The Morgan fingerprint density at radius 3 is 2.06 bits per heavy atom.